The van der Waals surface area contributed by atoms with E-state index in [9.17, 15) is 18.0 Å². The summed E-state index contributed by atoms with van der Waals surface area (Å²) < 4.78 is 28.5. The number of rotatable bonds is 6. The van der Waals surface area contributed by atoms with Crippen molar-refractivity contribution in [3.8, 4) is 0 Å². The first kappa shape index (κ1) is 16.2. The quantitative estimate of drug-likeness (QED) is 0.771. The zero-order valence-electron chi connectivity index (χ0n) is 11.3. The summed E-state index contributed by atoms with van der Waals surface area (Å²) >= 11 is 0. The van der Waals surface area contributed by atoms with E-state index in [1.54, 1.807) is 12.1 Å². The molecule has 1 amide bonds. The van der Waals surface area contributed by atoms with Crippen LogP contribution in [0.2, 0.25) is 0 Å². The third-order valence-corrected chi connectivity index (χ3v) is 4.49. The summed E-state index contributed by atoms with van der Waals surface area (Å²) in [5, 5.41) is 0. The molecule has 7 heteroatoms. The minimum absolute atomic E-state index is 0.249. The van der Waals surface area contributed by atoms with Crippen LogP contribution in [0.4, 0.5) is 0 Å². The van der Waals surface area contributed by atoms with Crippen LogP contribution in [0.3, 0.4) is 0 Å². The summed E-state index contributed by atoms with van der Waals surface area (Å²) in [6.07, 6.45) is 0. The minimum atomic E-state index is -3.48. The molecule has 110 valence electrons. The van der Waals surface area contributed by atoms with Crippen LogP contribution in [0.1, 0.15) is 22.8 Å². The number of carbonyl (C=O) groups excluding carboxylic acids is 2. The number of ether oxygens (including phenoxy) is 1. The highest BCUT2D eigenvalue weighted by Gasteiger charge is 2.22. The molecule has 0 radical (unpaired) electrons. The first-order valence-corrected chi connectivity index (χ1v) is 7.74. The smallest absolute Gasteiger partial charge is 0.309 e. The van der Waals surface area contributed by atoms with Gasteiger partial charge in [0.1, 0.15) is 0 Å². The molecule has 0 aliphatic carbocycles. The molecule has 0 saturated carbocycles. The van der Waals surface area contributed by atoms with Crippen molar-refractivity contribution in [2.24, 2.45) is 11.7 Å². The fourth-order valence-corrected chi connectivity index (χ4v) is 3.48. The molecule has 0 aliphatic heterocycles. The third kappa shape index (κ3) is 4.65. The van der Waals surface area contributed by atoms with E-state index in [0.29, 0.717) is 5.56 Å². The van der Waals surface area contributed by atoms with E-state index in [0.717, 1.165) is 0 Å². The Morgan fingerprint density at radius 2 is 2.00 bits per heavy atom. The number of primary amides is 1. The van der Waals surface area contributed by atoms with Crippen LogP contribution >= 0.6 is 0 Å². The second-order valence-corrected chi connectivity index (χ2v) is 6.65. The van der Waals surface area contributed by atoms with Gasteiger partial charge in [0, 0.05) is 5.56 Å². The number of hydrogen-bond acceptors (Lipinski definition) is 5. The van der Waals surface area contributed by atoms with E-state index in [4.69, 9.17) is 5.73 Å². The van der Waals surface area contributed by atoms with Gasteiger partial charge in [0.25, 0.3) is 0 Å². The average Bonchev–Trinajstić information content (AvgIpc) is 2.36. The fourth-order valence-electron chi connectivity index (χ4n) is 1.78. The number of amides is 1. The summed E-state index contributed by atoms with van der Waals surface area (Å²) in [6.45, 7) is 1.49. The Kier molecular flexibility index (Phi) is 5.26. The Labute approximate surface area is 117 Å². The second-order valence-electron chi connectivity index (χ2n) is 4.54. The van der Waals surface area contributed by atoms with Crippen molar-refractivity contribution < 1.29 is 22.7 Å². The summed E-state index contributed by atoms with van der Waals surface area (Å²) in [5.74, 6) is -2.48. The molecule has 0 aromatic heterocycles. The lowest BCUT2D eigenvalue weighted by Crippen LogP contribution is -2.23. The van der Waals surface area contributed by atoms with Gasteiger partial charge in [0.15, 0.2) is 9.84 Å². The van der Waals surface area contributed by atoms with Crippen molar-refractivity contribution >= 4 is 21.7 Å². The molecular formula is C13H17NO5S. The van der Waals surface area contributed by atoms with E-state index < -0.39 is 27.6 Å². The maximum atomic E-state index is 12.0. The van der Waals surface area contributed by atoms with Crippen molar-refractivity contribution in [1.82, 2.24) is 0 Å². The van der Waals surface area contributed by atoms with Gasteiger partial charge in [-0.05, 0) is 17.7 Å². The molecule has 1 rings (SSSR count). The van der Waals surface area contributed by atoms with Crippen LogP contribution in [0.25, 0.3) is 0 Å². The summed E-state index contributed by atoms with van der Waals surface area (Å²) in [7, 11) is -2.27. The Bertz CT molecular complexity index is 609. The van der Waals surface area contributed by atoms with Gasteiger partial charge < -0.3 is 10.5 Å². The standard InChI is InChI=1S/C13H17NO5S/c1-9(13(16)19-2)7-20(17,18)8-10-4-3-5-11(6-10)12(14)15/h3-6,9H,7-8H2,1-2H3,(H2,14,15). The number of methoxy groups -OCH3 is 1. The molecule has 1 aromatic carbocycles. The maximum absolute atomic E-state index is 12.0. The molecule has 1 aromatic rings. The van der Waals surface area contributed by atoms with Crippen LogP contribution in [0.5, 0.6) is 0 Å². The first-order chi connectivity index (χ1) is 9.25. The lowest BCUT2D eigenvalue weighted by Gasteiger charge is -2.10. The normalized spacial score (nSPS) is 12.7. The molecule has 0 bridgehead atoms. The zero-order chi connectivity index (χ0) is 15.3. The average molecular weight is 299 g/mol. The van der Waals surface area contributed by atoms with Crippen LogP contribution in [0.15, 0.2) is 24.3 Å². The Hall–Kier alpha value is -1.89. The van der Waals surface area contributed by atoms with Crippen LogP contribution in [0, 0.1) is 5.92 Å². The van der Waals surface area contributed by atoms with Gasteiger partial charge in [-0.25, -0.2) is 8.42 Å². The fraction of sp³-hybridized carbons (Fsp3) is 0.385. The van der Waals surface area contributed by atoms with Gasteiger partial charge in [-0.15, -0.1) is 0 Å². The molecule has 1 atom stereocenters. The Morgan fingerprint density at radius 1 is 1.35 bits per heavy atom. The van der Waals surface area contributed by atoms with E-state index >= 15 is 0 Å². The summed E-state index contributed by atoms with van der Waals surface area (Å²) in [5.41, 5.74) is 5.84. The van der Waals surface area contributed by atoms with Gasteiger partial charge >= 0.3 is 5.97 Å². The maximum Gasteiger partial charge on any atom is 0.309 e. The number of nitrogens with two attached hydrogens (primary N) is 1. The van der Waals surface area contributed by atoms with Crippen molar-refractivity contribution in [2.45, 2.75) is 12.7 Å². The van der Waals surface area contributed by atoms with E-state index in [-0.39, 0.29) is 17.1 Å². The van der Waals surface area contributed by atoms with Gasteiger partial charge in [0.2, 0.25) is 5.91 Å². The number of hydrogen-bond donors (Lipinski definition) is 1. The number of esters is 1. The molecule has 0 fully saturated rings. The topological polar surface area (TPSA) is 104 Å². The number of sulfone groups is 1. The predicted octanol–water partition coefficient (Wildman–Crippen LogP) is 0.509. The number of benzene rings is 1. The van der Waals surface area contributed by atoms with Gasteiger partial charge in [0.05, 0.1) is 24.5 Å². The van der Waals surface area contributed by atoms with Crippen LogP contribution in [-0.4, -0.2) is 33.2 Å². The highest BCUT2D eigenvalue weighted by molar-refractivity contribution is 7.90. The lowest BCUT2D eigenvalue weighted by atomic mass is 10.1. The Morgan fingerprint density at radius 3 is 2.55 bits per heavy atom. The van der Waals surface area contributed by atoms with Gasteiger partial charge in [-0.3, -0.25) is 9.59 Å². The van der Waals surface area contributed by atoms with Gasteiger partial charge in [-0.2, -0.15) is 0 Å². The van der Waals surface area contributed by atoms with Crippen molar-refractivity contribution in [3.63, 3.8) is 0 Å². The molecule has 1 unspecified atom stereocenters. The Balaban J connectivity index is 2.83. The molecular weight excluding hydrogens is 282 g/mol. The highest BCUT2D eigenvalue weighted by Crippen LogP contribution is 2.12. The molecule has 0 aliphatic rings. The second kappa shape index (κ2) is 6.51. The van der Waals surface area contributed by atoms with E-state index in [1.165, 1.54) is 26.2 Å². The molecule has 6 nitrogen and oxygen atoms in total. The van der Waals surface area contributed by atoms with Crippen molar-refractivity contribution in [2.75, 3.05) is 12.9 Å². The van der Waals surface area contributed by atoms with Crippen molar-refractivity contribution in [1.29, 1.82) is 0 Å². The minimum Gasteiger partial charge on any atom is -0.469 e. The third-order valence-electron chi connectivity index (χ3n) is 2.71. The predicted molar refractivity (Wildman–Crippen MR) is 73.6 cm³/mol. The highest BCUT2D eigenvalue weighted by atomic mass is 32.2. The summed E-state index contributed by atoms with van der Waals surface area (Å²) in [6, 6.07) is 6.10. The monoisotopic (exact) mass is 299 g/mol. The molecule has 2 N–H and O–H groups in total. The van der Waals surface area contributed by atoms with Gasteiger partial charge in [-0.1, -0.05) is 19.1 Å². The molecule has 0 heterocycles. The van der Waals surface area contributed by atoms with Crippen LogP contribution in [-0.2, 0) is 25.1 Å². The van der Waals surface area contributed by atoms with Crippen LogP contribution < -0.4 is 5.73 Å². The van der Waals surface area contributed by atoms with E-state index in [2.05, 4.69) is 4.74 Å². The molecule has 20 heavy (non-hydrogen) atoms. The van der Waals surface area contributed by atoms with E-state index in [1.807, 2.05) is 0 Å². The largest absolute Gasteiger partial charge is 0.469 e. The molecule has 0 spiro atoms. The first-order valence-electron chi connectivity index (χ1n) is 5.92. The van der Waals surface area contributed by atoms with Crippen molar-refractivity contribution in [3.05, 3.63) is 35.4 Å². The lowest BCUT2D eigenvalue weighted by molar-refractivity contribution is -0.144. The number of carbonyl (C=O) groups is 2. The molecule has 0 saturated heterocycles. The summed E-state index contributed by atoms with van der Waals surface area (Å²) in [4.78, 5) is 22.3. The SMILES string of the molecule is COC(=O)C(C)CS(=O)(=O)Cc1cccc(C(N)=O)c1. The zero-order valence-corrected chi connectivity index (χ0v) is 12.1.